The van der Waals surface area contributed by atoms with Gasteiger partial charge in [-0.3, -0.25) is 0 Å². The number of aliphatic hydroxyl groups excluding tert-OH is 1. The Labute approximate surface area is 129 Å². The Bertz CT molecular complexity index is 510. The molecule has 2 rings (SSSR count). The Morgan fingerprint density at radius 3 is 2.59 bits per heavy atom. The number of aliphatic hydroxyl groups is 1. The van der Waals surface area contributed by atoms with Crippen molar-refractivity contribution in [2.45, 2.75) is 44.8 Å². The van der Waals surface area contributed by atoms with Crippen LogP contribution in [0.25, 0.3) is 0 Å². The number of ether oxygens (including phenoxy) is 3. The van der Waals surface area contributed by atoms with Crippen molar-refractivity contribution in [3.63, 3.8) is 0 Å². The van der Waals surface area contributed by atoms with Crippen LogP contribution in [-0.2, 0) is 9.47 Å². The van der Waals surface area contributed by atoms with Crippen molar-refractivity contribution in [2.24, 2.45) is 0 Å². The lowest BCUT2D eigenvalue weighted by atomic mass is 9.95. The number of hydrogen-bond donors (Lipinski definition) is 1. The minimum absolute atomic E-state index is 0.233. The summed E-state index contributed by atoms with van der Waals surface area (Å²) in [6.45, 7) is 1.92. The zero-order valence-corrected chi connectivity index (χ0v) is 12.5. The van der Waals surface area contributed by atoms with E-state index in [0.717, 1.165) is 19.3 Å². The van der Waals surface area contributed by atoms with E-state index in [-0.39, 0.29) is 12.7 Å². The van der Waals surface area contributed by atoms with Gasteiger partial charge in [-0.1, -0.05) is 0 Å². The highest BCUT2D eigenvalue weighted by molar-refractivity contribution is 5.89. The molecule has 1 N–H and O–H groups in total. The van der Waals surface area contributed by atoms with Gasteiger partial charge in [-0.05, 0) is 50.5 Å². The minimum Gasteiger partial charge on any atom is -0.459 e. The maximum Gasteiger partial charge on any atom is 0.513 e. The van der Waals surface area contributed by atoms with Crippen molar-refractivity contribution in [1.29, 1.82) is 0 Å². The third-order valence-electron chi connectivity index (χ3n) is 3.43. The predicted molar refractivity (Wildman–Crippen MR) is 77.8 cm³/mol. The largest absolute Gasteiger partial charge is 0.513 e. The van der Waals surface area contributed by atoms with Crippen molar-refractivity contribution in [2.75, 3.05) is 6.61 Å². The number of hydrogen-bond acceptors (Lipinski definition) is 6. The fourth-order valence-electron chi connectivity index (χ4n) is 2.35. The molecule has 0 radical (unpaired) electrons. The van der Waals surface area contributed by atoms with Crippen LogP contribution in [0.3, 0.4) is 0 Å². The van der Waals surface area contributed by atoms with E-state index in [1.54, 1.807) is 6.92 Å². The molecule has 0 aromatic heterocycles. The second-order valence-corrected chi connectivity index (χ2v) is 5.16. The van der Waals surface area contributed by atoms with Gasteiger partial charge in [0.1, 0.15) is 11.9 Å². The lowest BCUT2D eigenvalue weighted by molar-refractivity contribution is -0.00224. The normalized spacial score (nSPS) is 21.0. The standard InChI is InChI=1S/C16H20O6/c1-2-20-16(19)22-13-8-6-11(7-9-13)15(18)21-14-5-3-4-12(17)10-14/h6-9,12,14,17H,2-5,10H2,1H3. The molecule has 1 fully saturated rings. The van der Waals surface area contributed by atoms with Gasteiger partial charge in [-0.25, -0.2) is 9.59 Å². The molecule has 1 aromatic carbocycles. The molecule has 1 saturated carbocycles. The van der Waals surface area contributed by atoms with Gasteiger partial charge in [0.05, 0.1) is 18.3 Å². The number of carbonyl (C=O) groups is 2. The highest BCUT2D eigenvalue weighted by Crippen LogP contribution is 2.22. The van der Waals surface area contributed by atoms with Crippen LogP contribution >= 0.6 is 0 Å². The number of rotatable bonds is 4. The van der Waals surface area contributed by atoms with Crippen molar-refractivity contribution in [3.05, 3.63) is 29.8 Å². The summed E-state index contributed by atoms with van der Waals surface area (Å²) in [5.41, 5.74) is 0.372. The zero-order chi connectivity index (χ0) is 15.9. The molecule has 0 heterocycles. The molecule has 0 saturated heterocycles. The molecule has 1 aromatic rings. The average molecular weight is 308 g/mol. The molecule has 2 unspecified atom stereocenters. The highest BCUT2D eigenvalue weighted by atomic mass is 16.7. The Morgan fingerprint density at radius 1 is 1.23 bits per heavy atom. The molecule has 1 aliphatic rings. The first-order valence-electron chi connectivity index (χ1n) is 7.42. The molecule has 6 heteroatoms. The minimum atomic E-state index is -0.783. The van der Waals surface area contributed by atoms with E-state index < -0.39 is 18.2 Å². The molecule has 0 amide bonds. The molecule has 2 atom stereocenters. The maximum absolute atomic E-state index is 12.0. The second kappa shape index (κ2) is 7.79. The van der Waals surface area contributed by atoms with Crippen LogP contribution in [-0.4, -0.2) is 36.0 Å². The van der Waals surface area contributed by atoms with E-state index in [1.165, 1.54) is 24.3 Å². The summed E-state index contributed by atoms with van der Waals surface area (Å²) in [7, 11) is 0. The lowest BCUT2D eigenvalue weighted by Gasteiger charge is -2.25. The summed E-state index contributed by atoms with van der Waals surface area (Å²) in [6.07, 6.45) is 1.44. The number of carbonyl (C=O) groups excluding carboxylic acids is 2. The maximum atomic E-state index is 12.0. The Morgan fingerprint density at radius 2 is 1.95 bits per heavy atom. The van der Waals surface area contributed by atoms with E-state index in [4.69, 9.17) is 9.47 Å². The van der Waals surface area contributed by atoms with Gasteiger partial charge in [-0.2, -0.15) is 0 Å². The number of benzene rings is 1. The molecular weight excluding hydrogens is 288 g/mol. The molecule has 0 spiro atoms. The Kier molecular flexibility index (Phi) is 5.77. The predicted octanol–water partition coefficient (Wildman–Crippen LogP) is 2.68. The van der Waals surface area contributed by atoms with E-state index in [2.05, 4.69) is 4.74 Å². The molecular formula is C16H20O6. The van der Waals surface area contributed by atoms with Gasteiger partial charge in [0.15, 0.2) is 0 Å². The van der Waals surface area contributed by atoms with Gasteiger partial charge in [-0.15, -0.1) is 0 Å². The lowest BCUT2D eigenvalue weighted by Crippen LogP contribution is -2.28. The summed E-state index contributed by atoms with van der Waals surface area (Å²) >= 11 is 0. The molecule has 22 heavy (non-hydrogen) atoms. The Hall–Kier alpha value is -2.08. The van der Waals surface area contributed by atoms with Crippen molar-refractivity contribution in [3.8, 4) is 5.75 Å². The third-order valence-corrected chi connectivity index (χ3v) is 3.43. The van der Waals surface area contributed by atoms with E-state index in [0.29, 0.717) is 17.7 Å². The van der Waals surface area contributed by atoms with Gasteiger partial charge < -0.3 is 19.3 Å². The van der Waals surface area contributed by atoms with E-state index >= 15 is 0 Å². The third kappa shape index (κ3) is 4.73. The number of esters is 1. The van der Waals surface area contributed by atoms with Crippen molar-refractivity contribution >= 4 is 12.1 Å². The summed E-state index contributed by atoms with van der Waals surface area (Å²) in [5, 5.41) is 9.58. The first kappa shape index (κ1) is 16.3. The van der Waals surface area contributed by atoms with Gasteiger partial charge in [0.25, 0.3) is 0 Å². The Balaban J connectivity index is 1.89. The second-order valence-electron chi connectivity index (χ2n) is 5.16. The summed E-state index contributed by atoms with van der Waals surface area (Å²) in [4.78, 5) is 23.2. The summed E-state index contributed by atoms with van der Waals surface area (Å²) < 4.78 is 14.9. The summed E-state index contributed by atoms with van der Waals surface area (Å²) in [6, 6.07) is 6.05. The topological polar surface area (TPSA) is 82.1 Å². The van der Waals surface area contributed by atoms with Crippen molar-refractivity contribution < 1.29 is 28.9 Å². The van der Waals surface area contributed by atoms with Crippen LogP contribution in [0.5, 0.6) is 5.75 Å². The molecule has 1 aliphatic carbocycles. The quantitative estimate of drug-likeness (QED) is 0.680. The van der Waals surface area contributed by atoms with Gasteiger partial charge >= 0.3 is 12.1 Å². The van der Waals surface area contributed by atoms with Gasteiger partial charge in [0, 0.05) is 6.42 Å². The highest BCUT2D eigenvalue weighted by Gasteiger charge is 2.23. The van der Waals surface area contributed by atoms with E-state index in [9.17, 15) is 14.7 Å². The molecule has 6 nitrogen and oxygen atoms in total. The van der Waals surface area contributed by atoms with Crippen molar-refractivity contribution in [1.82, 2.24) is 0 Å². The molecule has 0 bridgehead atoms. The average Bonchev–Trinajstić information content (AvgIpc) is 2.48. The monoisotopic (exact) mass is 308 g/mol. The van der Waals surface area contributed by atoms with Gasteiger partial charge in [0.2, 0.25) is 0 Å². The van der Waals surface area contributed by atoms with Crippen LogP contribution in [0, 0.1) is 0 Å². The fourth-order valence-corrected chi connectivity index (χ4v) is 2.35. The zero-order valence-electron chi connectivity index (χ0n) is 12.5. The van der Waals surface area contributed by atoms with Crippen LogP contribution in [0.1, 0.15) is 43.0 Å². The van der Waals surface area contributed by atoms with E-state index in [1.807, 2.05) is 0 Å². The molecule has 0 aliphatic heterocycles. The molecule has 120 valence electrons. The SMILES string of the molecule is CCOC(=O)Oc1ccc(C(=O)OC2CCCC(O)C2)cc1. The van der Waals surface area contributed by atoms with Crippen LogP contribution in [0.4, 0.5) is 4.79 Å². The first-order valence-corrected chi connectivity index (χ1v) is 7.42. The van der Waals surface area contributed by atoms with Crippen LogP contribution < -0.4 is 4.74 Å². The first-order chi connectivity index (χ1) is 10.6. The van der Waals surface area contributed by atoms with Crippen LogP contribution in [0.2, 0.25) is 0 Å². The summed E-state index contributed by atoms with van der Waals surface area (Å²) in [5.74, 6) is -0.148. The fraction of sp³-hybridized carbons (Fsp3) is 0.500. The van der Waals surface area contributed by atoms with Crippen LogP contribution in [0.15, 0.2) is 24.3 Å². The smallest absolute Gasteiger partial charge is 0.459 e.